The summed E-state index contributed by atoms with van der Waals surface area (Å²) >= 11 is 0. The molecule has 3 heterocycles. The van der Waals surface area contributed by atoms with Crippen molar-refractivity contribution in [2.45, 2.75) is 6.61 Å². The molecule has 0 saturated heterocycles. The highest BCUT2D eigenvalue weighted by atomic mass is 16.5. The average molecular weight is 364 g/mol. The van der Waals surface area contributed by atoms with Crippen molar-refractivity contribution in [3.05, 3.63) is 59.9 Å². The molecular formula is C19H16N4O4. The number of pyridine rings is 1. The van der Waals surface area contributed by atoms with Gasteiger partial charge < -0.3 is 20.1 Å². The van der Waals surface area contributed by atoms with E-state index in [0.717, 1.165) is 5.69 Å². The molecule has 0 fully saturated rings. The number of carboxylic acid groups (broad SMARTS) is 1. The van der Waals surface area contributed by atoms with Crippen LogP contribution >= 0.6 is 0 Å². The minimum Gasteiger partial charge on any atom is -0.465 e. The zero-order valence-corrected chi connectivity index (χ0v) is 14.2. The van der Waals surface area contributed by atoms with Crippen LogP contribution in [0.15, 0.2) is 48.7 Å². The maximum absolute atomic E-state index is 12.5. The molecule has 1 aliphatic rings. The fourth-order valence-electron chi connectivity index (χ4n) is 3.06. The Morgan fingerprint density at radius 3 is 2.78 bits per heavy atom. The van der Waals surface area contributed by atoms with Crippen molar-refractivity contribution in [2.24, 2.45) is 0 Å². The van der Waals surface area contributed by atoms with Crippen molar-refractivity contribution in [3.63, 3.8) is 0 Å². The summed E-state index contributed by atoms with van der Waals surface area (Å²) in [6.07, 6.45) is 0.307. The molecular weight excluding hydrogens is 348 g/mol. The number of fused-ring (bicyclic) bond motifs is 1. The molecule has 4 rings (SSSR count). The van der Waals surface area contributed by atoms with E-state index in [4.69, 9.17) is 9.84 Å². The number of aromatic nitrogens is 2. The van der Waals surface area contributed by atoms with Gasteiger partial charge in [-0.3, -0.25) is 10.1 Å². The second-order valence-corrected chi connectivity index (χ2v) is 6.00. The summed E-state index contributed by atoms with van der Waals surface area (Å²) < 4.78 is 5.33. The second-order valence-electron chi connectivity index (χ2n) is 6.00. The predicted octanol–water partition coefficient (Wildman–Crippen LogP) is 3.62. The van der Waals surface area contributed by atoms with Crippen LogP contribution in [0.4, 0.5) is 22.0 Å². The number of nitrogens with one attached hydrogen (secondary N) is 3. The molecule has 2 aromatic heterocycles. The lowest BCUT2D eigenvalue weighted by Gasteiger charge is -2.14. The van der Waals surface area contributed by atoms with Gasteiger partial charge in [-0.1, -0.05) is 18.2 Å². The van der Waals surface area contributed by atoms with E-state index in [9.17, 15) is 9.59 Å². The van der Waals surface area contributed by atoms with Crippen molar-refractivity contribution in [2.75, 3.05) is 17.2 Å². The first-order chi connectivity index (χ1) is 13.1. The smallest absolute Gasteiger partial charge is 0.410 e. The summed E-state index contributed by atoms with van der Waals surface area (Å²) in [5, 5.41) is 14.5. The van der Waals surface area contributed by atoms with E-state index < -0.39 is 6.09 Å². The van der Waals surface area contributed by atoms with E-state index in [2.05, 4.69) is 20.6 Å². The highest BCUT2D eigenvalue weighted by Gasteiger charge is 2.27. The van der Waals surface area contributed by atoms with Crippen LogP contribution in [-0.4, -0.2) is 33.6 Å². The average Bonchev–Trinajstić information content (AvgIpc) is 3.02. The third kappa shape index (κ3) is 3.38. The van der Waals surface area contributed by atoms with Gasteiger partial charge in [0.15, 0.2) is 5.78 Å². The van der Waals surface area contributed by atoms with Gasteiger partial charge in [0.1, 0.15) is 12.4 Å². The van der Waals surface area contributed by atoms with Crippen LogP contribution in [0.5, 0.6) is 0 Å². The summed E-state index contributed by atoms with van der Waals surface area (Å²) in [4.78, 5) is 30.6. The monoisotopic (exact) mass is 364 g/mol. The minimum absolute atomic E-state index is 0.0237. The number of anilines is 3. The first-order valence-electron chi connectivity index (χ1n) is 8.26. The minimum atomic E-state index is -1.20. The highest BCUT2D eigenvalue weighted by Crippen LogP contribution is 2.37. The Labute approximate surface area is 154 Å². The van der Waals surface area contributed by atoms with Crippen molar-refractivity contribution in [3.8, 4) is 11.3 Å². The highest BCUT2D eigenvalue weighted by molar-refractivity contribution is 6.07. The van der Waals surface area contributed by atoms with E-state index in [1.807, 2.05) is 30.3 Å². The summed E-state index contributed by atoms with van der Waals surface area (Å²) in [5.41, 5.74) is 4.07. The van der Waals surface area contributed by atoms with Crippen LogP contribution in [0, 0.1) is 0 Å². The molecule has 1 aliphatic heterocycles. The maximum atomic E-state index is 12.5. The fourth-order valence-corrected chi connectivity index (χ4v) is 3.06. The Morgan fingerprint density at radius 1 is 1.19 bits per heavy atom. The van der Waals surface area contributed by atoms with Crippen LogP contribution < -0.4 is 10.6 Å². The largest absolute Gasteiger partial charge is 0.465 e. The van der Waals surface area contributed by atoms with Gasteiger partial charge in [-0.15, -0.1) is 0 Å². The molecule has 8 nitrogen and oxygen atoms in total. The lowest BCUT2D eigenvalue weighted by Crippen LogP contribution is -2.18. The maximum Gasteiger partial charge on any atom is 0.410 e. The summed E-state index contributed by atoms with van der Waals surface area (Å²) in [5.74, 6) is 0.0796. The van der Waals surface area contributed by atoms with Gasteiger partial charge in [-0.25, -0.2) is 9.78 Å². The van der Waals surface area contributed by atoms with E-state index >= 15 is 0 Å². The first kappa shape index (κ1) is 16.8. The Hall–Kier alpha value is -3.65. The second kappa shape index (κ2) is 6.93. The van der Waals surface area contributed by atoms with Crippen LogP contribution in [0.25, 0.3) is 11.3 Å². The van der Waals surface area contributed by atoms with Crippen LogP contribution in [-0.2, 0) is 11.3 Å². The van der Waals surface area contributed by atoms with Gasteiger partial charge in [-0.2, -0.15) is 0 Å². The zero-order chi connectivity index (χ0) is 18.8. The van der Waals surface area contributed by atoms with Gasteiger partial charge in [0.05, 0.1) is 29.2 Å². The number of H-pyrrole nitrogens is 1. The number of amides is 1. The van der Waals surface area contributed by atoms with E-state index in [0.29, 0.717) is 34.8 Å². The number of Topliss-reactive ketones (excluding diaryl/α,β-unsaturated/α-hetero) is 1. The number of ether oxygens (including phenoxy) is 1. The van der Waals surface area contributed by atoms with Crippen molar-refractivity contribution in [1.29, 1.82) is 0 Å². The normalized spacial score (nSPS) is 13.1. The van der Waals surface area contributed by atoms with Crippen molar-refractivity contribution >= 4 is 29.1 Å². The number of benzene rings is 1. The molecule has 136 valence electrons. The molecule has 8 heteroatoms. The van der Waals surface area contributed by atoms with Crippen LogP contribution in [0.3, 0.4) is 0 Å². The Kier molecular flexibility index (Phi) is 4.31. The topological polar surface area (TPSA) is 116 Å². The number of para-hydroxylation sites is 1. The van der Waals surface area contributed by atoms with Crippen molar-refractivity contribution < 1.29 is 19.4 Å². The van der Waals surface area contributed by atoms with E-state index in [-0.39, 0.29) is 18.2 Å². The molecule has 0 aliphatic carbocycles. The summed E-state index contributed by atoms with van der Waals surface area (Å²) in [6, 6.07) is 12.8. The number of nitrogens with zero attached hydrogens (tertiary/aromatic N) is 1. The first-order valence-corrected chi connectivity index (χ1v) is 8.26. The van der Waals surface area contributed by atoms with E-state index in [1.165, 1.54) is 6.20 Å². The number of aromatic amines is 1. The van der Waals surface area contributed by atoms with Gasteiger partial charge in [0, 0.05) is 17.4 Å². The molecule has 4 N–H and O–H groups in total. The quantitative estimate of drug-likeness (QED) is 0.562. The predicted molar refractivity (Wildman–Crippen MR) is 99.4 cm³/mol. The molecule has 0 radical (unpaired) electrons. The Morgan fingerprint density at radius 2 is 2.00 bits per heavy atom. The molecule has 0 unspecified atom stereocenters. The zero-order valence-electron chi connectivity index (χ0n) is 14.2. The molecule has 3 aromatic rings. The fraction of sp³-hybridized carbons (Fsp3) is 0.105. The van der Waals surface area contributed by atoms with Crippen LogP contribution in [0.2, 0.25) is 0 Å². The molecule has 0 saturated carbocycles. The number of carbonyl (C=O) groups excluding carboxylic acids is 1. The number of hydrogen-bond acceptors (Lipinski definition) is 5. The number of carbonyl (C=O) groups is 2. The summed E-state index contributed by atoms with van der Waals surface area (Å²) in [6.45, 7) is 0.325. The molecule has 27 heavy (non-hydrogen) atoms. The molecule has 0 bridgehead atoms. The number of hydrogen-bond donors (Lipinski definition) is 4. The lowest BCUT2D eigenvalue weighted by atomic mass is 10.0. The third-order valence-electron chi connectivity index (χ3n) is 4.16. The van der Waals surface area contributed by atoms with Gasteiger partial charge in [0.25, 0.3) is 0 Å². The summed E-state index contributed by atoms with van der Waals surface area (Å²) in [7, 11) is 0. The lowest BCUT2D eigenvalue weighted by molar-refractivity contribution is 0.0660. The standard InChI is InChI=1S/C19H16N4O4/c24-14-10-27-9-13-16(14)18(21-12-4-2-1-3-5-12)17(22-13)11-6-7-20-15(8-11)23-19(25)26/h1-8,21-22H,9-10H2,(H,20,23)(H,25,26). The number of rotatable bonds is 4. The van der Waals surface area contributed by atoms with Crippen molar-refractivity contribution in [1.82, 2.24) is 9.97 Å². The number of ketones is 1. The molecule has 0 atom stereocenters. The Bertz CT molecular complexity index is 1010. The molecule has 1 amide bonds. The van der Waals surface area contributed by atoms with Crippen LogP contribution in [0.1, 0.15) is 16.1 Å². The molecule has 1 aromatic carbocycles. The Balaban J connectivity index is 1.83. The van der Waals surface area contributed by atoms with E-state index in [1.54, 1.807) is 12.1 Å². The third-order valence-corrected chi connectivity index (χ3v) is 4.16. The molecule has 0 spiro atoms. The van der Waals surface area contributed by atoms with Gasteiger partial charge in [-0.05, 0) is 24.3 Å². The van der Waals surface area contributed by atoms with Gasteiger partial charge >= 0.3 is 6.09 Å². The SMILES string of the molecule is O=C(O)Nc1cc(-c2[nH]c3c(c2Nc2ccccc2)C(=O)COC3)ccn1. The van der Waals surface area contributed by atoms with Gasteiger partial charge in [0.2, 0.25) is 0 Å².